The summed E-state index contributed by atoms with van der Waals surface area (Å²) in [6.07, 6.45) is 16.2. The van der Waals surface area contributed by atoms with Crippen LogP contribution in [0.4, 0.5) is 0 Å². The summed E-state index contributed by atoms with van der Waals surface area (Å²) in [5, 5.41) is 11.1. The van der Waals surface area contributed by atoms with Crippen molar-refractivity contribution in [3.63, 3.8) is 0 Å². The first kappa shape index (κ1) is 23.1. The van der Waals surface area contributed by atoms with E-state index < -0.39 is 0 Å². The number of carbonyl (C=O) groups is 1. The number of allylic oxidation sites excluding steroid dienone is 1. The molecule has 5 rings (SSSR count). The summed E-state index contributed by atoms with van der Waals surface area (Å²) >= 11 is 0. The number of aliphatic hydroxyl groups excluding tert-OH is 1. The van der Waals surface area contributed by atoms with Crippen molar-refractivity contribution in [2.45, 2.75) is 84.7 Å². The maximum Gasteiger partial charge on any atom is 0.155 e. The van der Waals surface area contributed by atoms with E-state index in [1.54, 1.807) is 0 Å². The molecule has 0 aromatic heterocycles. The molecule has 1 aromatic carbocycles. The number of rotatable bonds is 5. The van der Waals surface area contributed by atoms with Crippen molar-refractivity contribution < 1.29 is 9.90 Å². The van der Waals surface area contributed by atoms with E-state index in [1.165, 1.54) is 43.2 Å². The van der Waals surface area contributed by atoms with Crippen LogP contribution < -0.4 is 0 Å². The molecule has 0 saturated heterocycles. The van der Waals surface area contributed by atoms with E-state index in [4.69, 9.17) is 0 Å². The Hall–Kier alpha value is -1.67. The van der Waals surface area contributed by atoms with Crippen LogP contribution in [0.1, 0.15) is 84.1 Å². The Morgan fingerprint density at radius 1 is 1.03 bits per heavy atom. The summed E-state index contributed by atoms with van der Waals surface area (Å²) in [6.45, 7) is 7.34. The van der Waals surface area contributed by atoms with Crippen molar-refractivity contribution in [2.24, 2.45) is 40.4 Å². The number of carbonyl (C=O) groups excluding carboxylic acids is 1. The average molecular weight is 447 g/mol. The lowest BCUT2D eigenvalue weighted by Crippen LogP contribution is -2.51. The fourth-order valence-corrected chi connectivity index (χ4v) is 8.85. The molecule has 178 valence electrons. The first-order chi connectivity index (χ1) is 15.8. The predicted octanol–water partition coefficient (Wildman–Crippen LogP) is 7.24. The highest BCUT2D eigenvalue weighted by molar-refractivity contribution is 5.91. The van der Waals surface area contributed by atoms with E-state index in [1.807, 2.05) is 12.1 Å². The molecule has 0 radical (unpaired) electrons. The first-order valence-electron chi connectivity index (χ1n) is 13.5. The van der Waals surface area contributed by atoms with Gasteiger partial charge in [-0.05, 0) is 103 Å². The monoisotopic (exact) mass is 446 g/mol. The Morgan fingerprint density at radius 2 is 1.82 bits per heavy atom. The van der Waals surface area contributed by atoms with Crippen molar-refractivity contribution in [3.8, 4) is 0 Å². The van der Waals surface area contributed by atoms with Crippen LogP contribution in [0.15, 0.2) is 48.1 Å². The highest BCUT2D eigenvalue weighted by Crippen LogP contribution is 2.67. The number of hydrogen-bond acceptors (Lipinski definition) is 2. The van der Waals surface area contributed by atoms with E-state index in [0.29, 0.717) is 23.0 Å². The van der Waals surface area contributed by atoms with Gasteiger partial charge in [0.25, 0.3) is 0 Å². The smallest absolute Gasteiger partial charge is 0.155 e. The second kappa shape index (κ2) is 8.84. The maximum atomic E-state index is 12.1. The number of fused-ring (bicyclic) bond motifs is 5. The summed E-state index contributed by atoms with van der Waals surface area (Å²) in [7, 11) is 0. The molecule has 3 saturated carbocycles. The summed E-state index contributed by atoms with van der Waals surface area (Å²) in [4.78, 5) is 12.1. The number of benzene rings is 1. The molecule has 1 aromatic rings. The van der Waals surface area contributed by atoms with Gasteiger partial charge in [0, 0.05) is 6.42 Å². The highest BCUT2D eigenvalue weighted by atomic mass is 16.3. The Labute approximate surface area is 200 Å². The van der Waals surface area contributed by atoms with Gasteiger partial charge in [-0.15, -0.1) is 0 Å². The molecule has 2 heteroatoms. The summed E-state index contributed by atoms with van der Waals surface area (Å²) in [5.74, 6) is 3.63. The fourth-order valence-electron chi connectivity index (χ4n) is 8.85. The molecular weight excluding hydrogens is 404 g/mol. The minimum absolute atomic E-state index is 0.254. The molecule has 0 heterocycles. The van der Waals surface area contributed by atoms with Crippen molar-refractivity contribution in [2.75, 3.05) is 0 Å². The molecule has 3 fully saturated rings. The molecule has 0 amide bonds. The molecular formula is C31H42O2. The van der Waals surface area contributed by atoms with Crippen LogP contribution >= 0.6 is 0 Å². The average Bonchev–Trinajstić information content (AvgIpc) is 3.17. The summed E-state index contributed by atoms with van der Waals surface area (Å²) in [6, 6.07) is 10.4. The normalized spacial score (nSPS) is 40.0. The Morgan fingerprint density at radius 3 is 2.61 bits per heavy atom. The molecule has 0 spiro atoms. The van der Waals surface area contributed by atoms with Gasteiger partial charge >= 0.3 is 0 Å². The second-order valence-corrected chi connectivity index (χ2v) is 12.2. The van der Waals surface area contributed by atoms with Gasteiger partial charge in [0.05, 0.1) is 6.10 Å². The van der Waals surface area contributed by atoms with Crippen molar-refractivity contribution in [3.05, 3.63) is 53.6 Å². The molecule has 0 bridgehead atoms. The molecule has 8 atom stereocenters. The summed E-state index contributed by atoms with van der Waals surface area (Å²) in [5.41, 5.74) is 3.27. The van der Waals surface area contributed by atoms with E-state index >= 15 is 0 Å². The lowest BCUT2D eigenvalue weighted by molar-refractivity contribution is -0.117. The standard InChI is InChI=1S/C31H42O2/c1-21(29(33)11-7-10-22-8-5-4-6-9-22)26-14-15-27-25-13-12-23-20-24(32)16-18-30(23,2)28(25)17-19-31(26,27)3/h4-10,20-21,25-29,33H,11-19H2,1-3H3/b10-7+/t21-,25-,26+,27-,28-,29+,30-,31+/m0/s1. The fraction of sp³-hybridized carbons (Fsp3) is 0.645. The SMILES string of the molecule is C[C@H]([C@H](O)C/C=C/c1ccccc1)[C@H]1CC[C@H]2[C@@H]3CCC4=CC(=O)CC[C@]4(C)[C@H]3CC[C@]12C. The Kier molecular flexibility index (Phi) is 6.18. The minimum Gasteiger partial charge on any atom is -0.393 e. The number of hydrogen-bond donors (Lipinski definition) is 1. The predicted molar refractivity (Wildman–Crippen MR) is 135 cm³/mol. The zero-order valence-electron chi connectivity index (χ0n) is 20.8. The molecule has 4 aliphatic rings. The zero-order chi connectivity index (χ0) is 23.2. The van der Waals surface area contributed by atoms with Gasteiger partial charge in [-0.1, -0.05) is 68.8 Å². The third kappa shape index (κ3) is 3.97. The van der Waals surface area contributed by atoms with Gasteiger partial charge in [0.2, 0.25) is 0 Å². The summed E-state index contributed by atoms with van der Waals surface area (Å²) < 4.78 is 0. The van der Waals surface area contributed by atoms with Crippen LogP contribution in [0.2, 0.25) is 0 Å². The van der Waals surface area contributed by atoms with Gasteiger partial charge in [-0.3, -0.25) is 4.79 Å². The zero-order valence-corrected chi connectivity index (χ0v) is 20.8. The second-order valence-electron chi connectivity index (χ2n) is 12.2. The van der Waals surface area contributed by atoms with Crippen LogP contribution in [0.3, 0.4) is 0 Å². The maximum absolute atomic E-state index is 12.1. The largest absolute Gasteiger partial charge is 0.393 e. The van der Waals surface area contributed by atoms with Crippen molar-refractivity contribution in [1.82, 2.24) is 0 Å². The number of aliphatic hydroxyl groups is 1. The molecule has 0 unspecified atom stereocenters. The quantitative estimate of drug-likeness (QED) is 0.518. The minimum atomic E-state index is -0.272. The van der Waals surface area contributed by atoms with Crippen molar-refractivity contribution >= 4 is 11.9 Å². The Bertz CT molecular complexity index is 930. The lowest BCUT2D eigenvalue weighted by atomic mass is 9.46. The molecule has 1 N–H and O–H groups in total. The van der Waals surface area contributed by atoms with Gasteiger partial charge in [0.15, 0.2) is 5.78 Å². The van der Waals surface area contributed by atoms with Crippen LogP contribution in [0.25, 0.3) is 6.08 Å². The van der Waals surface area contributed by atoms with Crippen LogP contribution in [0.5, 0.6) is 0 Å². The van der Waals surface area contributed by atoms with Gasteiger partial charge in [-0.25, -0.2) is 0 Å². The van der Waals surface area contributed by atoms with E-state index in [0.717, 1.165) is 43.4 Å². The van der Waals surface area contributed by atoms with Crippen LogP contribution in [-0.4, -0.2) is 17.0 Å². The molecule has 2 nitrogen and oxygen atoms in total. The van der Waals surface area contributed by atoms with E-state index in [9.17, 15) is 9.90 Å². The van der Waals surface area contributed by atoms with Crippen molar-refractivity contribution in [1.29, 1.82) is 0 Å². The third-order valence-electron chi connectivity index (χ3n) is 10.8. The van der Waals surface area contributed by atoms with Crippen LogP contribution in [0, 0.1) is 40.4 Å². The third-order valence-corrected chi connectivity index (χ3v) is 10.8. The van der Waals surface area contributed by atoms with E-state index in [-0.39, 0.29) is 11.5 Å². The van der Waals surface area contributed by atoms with Crippen LogP contribution in [-0.2, 0) is 4.79 Å². The first-order valence-corrected chi connectivity index (χ1v) is 13.5. The molecule has 33 heavy (non-hydrogen) atoms. The van der Waals surface area contributed by atoms with E-state index in [2.05, 4.69) is 57.2 Å². The Balaban J connectivity index is 1.28. The highest BCUT2D eigenvalue weighted by Gasteiger charge is 2.59. The lowest BCUT2D eigenvalue weighted by Gasteiger charge is -2.58. The molecule has 4 aliphatic carbocycles. The molecule has 0 aliphatic heterocycles. The van der Waals surface area contributed by atoms with Gasteiger partial charge in [0.1, 0.15) is 0 Å². The number of ketones is 1. The topological polar surface area (TPSA) is 37.3 Å². The van der Waals surface area contributed by atoms with Gasteiger partial charge < -0.3 is 5.11 Å². The van der Waals surface area contributed by atoms with Gasteiger partial charge in [-0.2, -0.15) is 0 Å².